The average molecular weight is 659 g/mol. The number of aliphatic hydroxyl groups excluding tert-OH is 2. The molecular weight excluding hydrogens is 636 g/mol. The number of carbonyl (C=O) groups is 1. The van der Waals surface area contributed by atoms with E-state index in [4.69, 9.17) is 45.0 Å². The Morgan fingerprint density at radius 2 is 1.86 bits per heavy atom. The highest BCUT2D eigenvalue weighted by Gasteiger charge is 2.49. The quantitative estimate of drug-likeness (QED) is 0.173. The molecule has 24 heteroatoms. The summed E-state index contributed by atoms with van der Waals surface area (Å²) < 4.78 is 61.3. The second kappa shape index (κ2) is 10.3. The third-order valence-corrected chi connectivity index (χ3v) is 8.69. The number of nitrogens with two attached hydrogens (primary N) is 3. The van der Waals surface area contributed by atoms with Crippen molar-refractivity contribution in [2.75, 3.05) is 31.1 Å². The van der Waals surface area contributed by atoms with Crippen molar-refractivity contribution in [1.29, 1.82) is 0 Å². The Bertz CT molecular complexity index is 1920. The Morgan fingerprint density at radius 1 is 1.11 bits per heavy atom. The molecular formula is C20H23N9O13P2. The lowest BCUT2D eigenvalue weighted by atomic mass is 10.2. The van der Waals surface area contributed by atoms with E-state index in [1.807, 2.05) is 0 Å². The van der Waals surface area contributed by atoms with Gasteiger partial charge in [-0.15, -0.1) is 0 Å². The number of nitrogens with zero attached hydrogens (tertiary/aromatic N) is 5. The van der Waals surface area contributed by atoms with E-state index >= 15 is 0 Å². The van der Waals surface area contributed by atoms with Gasteiger partial charge in [0, 0.05) is 6.66 Å². The third-order valence-electron chi connectivity index (χ3n) is 6.45. The molecule has 0 aliphatic carbocycles. The van der Waals surface area contributed by atoms with Gasteiger partial charge in [0.2, 0.25) is 31.2 Å². The van der Waals surface area contributed by atoms with Gasteiger partial charge in [-0.3, -0.25) is 37.3 Å². The number of hydrogen-bond donors (Lipinski definition) is 7. The van der Waals surface area contributed by atoms with Crippen molar-refractivity contribution in [3.63, 3.8) is 0 Å². The van der Waals surface area contributed by atoms with Crippen molar-refractivity contribution in [3.8, 4) is 0 Å². The van der Waals surface area contributed by atoms with Crippen molar-refractivity contribution >= 4 is 49.9 Å². The molecule has 6 rings (SSSR count). The molecule has 6 atom stereocenters. The molecule has 22 nitrogen and oxygen atoms in total. The predicted octanol–water partition coefficient (Wildman–Crippen LogP) is -0.599. The molecule has 0 aromatic carbocycles. The molecule has 0 fully saturated rings. The summed E-state index contributed by atoms with van der Waals surface area (Å²) in [5, 5.41) is 21.8. The van der Waals surface area contributed by atoms with Gasteiger partial charge in [-0.1, -0.05) is 0 Å². The second-order valence-corrected chi connectivity index (χ2v) is 13.5. The number of primary amides is 1. The molecule has 4 unspecified atom stereocenters. The van der Waals surface area contributed by atoms with Gasteiger partial charge in [0.05, 0.1) is 6.61 Å². The lowest BCUT2D eigenvalue weighted by Crippen LogP contribution is -2.32. The number of aliphatic hydroxyl groups is 2. The number of H-pyrrole nitrogens is 1. The van der Waals surface area contributed by atoms with E-state index in [0.717, 1.165) is 28.5 Å². The van der Waals surface area contributed by atoms with Gasteiger partial charge in [0.25, 0.3) is 11.5 Å². The summed E-state index contributed by atoms with van der Waals surface area (Å²) in [5.41, 5.74) is 15.4. The number of aromatic nitrogens is 6. The van der Waals surface area contributed by atoms with Gasteiger partial charge in [-0.05, 0) is 0 Å². The lowest BCUT2D eigenvalue weighted by molar-refractivity contribution is -0.0537. The van der Waals surface area contributed by atoms with Crippen LogP contribution in [-0.2, 0) is 36.9 Å². The largest absolute Gasteiger partial charge is 0.505 e. The molecule has 1 amide bonds. The first-order chi connectivity index (χ1) is 20.7. The molecule has 6 heterocycles. The topological polar surface area (TPSA) is 327 Å². The van der Waals surface area contributed by atoms with Gasteiger partial charge >= 0.3 is 13.8 Å². The first kappa shape index (κ1) is 29.5. The molecule has 10 N–H and O–H groups in total. The summed E-state index contributed by atoms with van der Waals surface area (Å²) in [4.78, 5) is 48.4. The van der Waals surface area contributed by atoms with Crippen LogP contribution in [0.5, 0.6) is 0 Å². The van der Waals surface area contributed by atoms with Crippen LogP contribution in [-0.4, -0.2) is 88.0 Å². The highest BCUT2D eigenvalue weighted by Crippen LogP contribution is 2.53. The molecule has 236 valence electrons. The van der Waals surface area contributed by atoms with E-state index in [0.29, 0.717) is 0 Å². The van der Waals surface area contributed by atoms with Crippen molar-refractivity contribution in [2.45, 2.75) is 24.5 Å². The number of ether oxygens (including phenoxy) is 3. The molecule has 3 aromatic rings. The minimum atomic E-state index is -5.15. The summed E-state index contributed by atoms with van der Waals surface area (Å²) in [6.45, 7) is 0.297. The van der Waals surface area contributed by atoms with Gasteiger partial charge < -0.3 is 51.0 Å². The van der Waals surface area contributed by atoms with E-state index in [2.05, 4.69) is 19.9 Å². The summed E-state index contributed by atoms with van der Waals surface area (Å²) >= 11 is 0. The van der Waals surface area contributed by atoms with E-state index in [-0.39, 0.29) is 28.6 Å². The highest BCUT2D eigenvalue weighted by atomic mass is 31.2. The molecule has 0 radical (unpaired) electrons. The Hall–Kier alpha value is -4.59. The molecule has 0 spiro atoms. The highest BCUT2D eigenvalue weighted by molar-refractivity contribution is 7.58. The van der Waals surface area contributed by atoms with Crippen LogP contribution in [0.2, 0.25) is 0 Å². The van der Waals surface area contributed by atoms with Gasteiger partial charge in [-0.25, -0.2) is 14.5 Å². The number of phosphoric acid groups is 1. The van der Waals surface area contributed by atoms with Crippen LogP contribution in [0, 0.1) is 0 Å². The van der Waals surface area contributed by atoms with Crippen LogP contribution in [0.4, 0.5) is 11.8 Å². The average Bonchev–Trinajstić information content (AvgIpc) is 3.67. The van der Waals surface area contributed by atoms with Crippen molar-refractivity contribution < 1.29 is 56.8 Å². The zero-order valence-electron chi connectivity index (χ0n) is 22.2. The summed E-state index contributed by atoms with van der Waals surface area (Å²) in [7, 11) is -9.05. The molecule has 2 bridgehead atoms. The minimum absolute atomic E-state index is 0.146. The number of phosphoric ester groups is 1. The van der Waals surface area contributed by atoms with Crippen molar-refractivity contribution in [2.24, 2.45) is 5.73 Å². The summed E-state index contributed by atoms with van der Waals surface area (Å²) in [6.07, 6.45) is -5.12. The van der Waals surface area contributed by atoms with E-state index in [9.17, 15) is 33.8 Å². The molecule has 0 saturated heterocycles. The molecule has 3 aliphatic heterocycles. The first-order valence-corrected chi connectivity index (χ1v) is 16.0. The van der Waals surface area contributed by atoms with Crippen molar-refractivity contribution in [1.82, 2.24) is 29.1 Å². The number of nitrogen functional groups attached to an aromatic ring is 2. The minimum Gasteiger partial charge on any atom is -0.505 e. The number of rotatable bonds is 3. The zero-order valence-corrected chi connectivity index (χ0v) is 24.0. The van der Waals surface area contributed by atoms with E-state index in [1.165, 1.54) is 0 Å². The summed E-state index contributed by atoms with van der Waals surface area (Å²) in [5.74, 6) is -4.25. The number of fused-ring (bicyclic) bond motifs is 3. The molecule has 3 aromatic heterocycles. The van der Waals surface area contributed by atoms with E-state index in [1.54, 1.807) is 0 Å². The number of amides is 1. The fraction of sp³-hybridized carbons (Fsp3) is 0.350. The van der Waals surface area contributed by atoms with Gasteiger partial charge in [0.1, 0.15) is 18.5 Å². The predicted molar refractivity (Wildman–Crippen MR) is 143 cm³/mol. The van der Waals surface area contributed by atoms with Crippen LogP contribution >= 0.6 is 15.2 Å². The Morgan fingerprint density at radius 3 is 2.57 bits per heavy atom. The molecule has 0 saturated carbocycles. The van der Waals surface area contributed by atoms with Gasteiger partial charge in [-0.2, -0.15) is 4.98 Å². The fourth-order valence-corrected chi connectivity index (χ4v) is 6.52. The van der Waals surface area contributed by atoms with Crippen LogP contribution in [0.15, 0.2) is 34.9 Å². The standard InChI is InChI=1S/C20H23N9O13P2/c1-43(34)5-37-19-10(31)12(18(40-19)29-4-25-8-15(29)26-20(23)27-16(8)33)42-44(35,36)38-2-6-11(41-43)9(30)17(39-6)28-3-24-7(13(28)21)14(22)32/h3-4,6,11-12,18,30-31H,2,5,21H2,1H3,(H2,22,32)(H,35,36)(H3,23,26,27,33)/t6-,11?,12?,18-,43?/m1/s1. The fourth-order valence-electron chi connectivity index (χ4n) is 4.51. The summed E-state index contributed by atoms with van der Waals surface area (Å²) in [6, 6.07) is 0. The number of carbonyl (C=O) groups excluding carboxylic acids is 1. The van der Waals surface area contributed by atoms with Gasteiger partial charge in [0.15, 0.2) is 47.3 Å². The number of anilines is 2. The van der Waals surface area contributed by atoms with Crippen LogP contribution < -0.4 is 22.8 Å². The zero-order chi connectivity index (χ0) is 31.7. The normalized spacial score (nSPS) is 31.0. The number of aromatic amines is 1. The Labute approximate surface area is 243 Å². The smallest absolute Gasteiger partial charge is 0.473 e. The maximum absolute atomic E-state index is 13.5. The third kappa shape index (κ3) is 5.02. The lowest BCUT2D eigenvalue weighted by Gasteiger charge is -2.26. The SMILES string of the molecule is CP1(=O)COC2=C(O)C(OP(=O)(O)OC[C@H]3OC(n4cnc(C(N)=O)c4N)=C(O)C3O1)[C@H](n1cnc3c(=O)[nH]c(N)nc31)O2. The van der Waals surface area contributed by atoms with E-state index < -0.39 is 87.5 Å². The Balaban J connectivity index is 1.34. The monoisotopic (exact) mass is 659 g/mol. The number of hydrogen-bond acceptors (Lipinski definition) is 17. The molecule has 3 aliphatic rings. The maximum atomic E-state index is 13.5. The van der Waals surface area contributed by atoms with Crippen LogP contribution in [0.1, 0.15) is 16.7 Å². The first-order valence-electron chi connectivity index (χ1n) is 12.2. The van der Waals surface area contributed by atoms with Crippen LogP contribution in [0.3, 0.4) is 0 Å². The number of nitrogens with one attached hydrogen (secondary N) is 1. The second-order valence-electron chi connectivity index (χ2n) is 9.62. The van der Waals surface area contributed by atoms with Crippen LogP contribution in [0.25, 0.3) is 17.0 Å². The Kier molecular flexibility index (Phi) is 6.87. The maximum Gasteiger partial charge on any atom is 0.473 e. The van der Waals surface area contributed by atoms with Crippen molar-refractivity contribution in [3.05, 3.63) is 46.2 Å². The molecule has 44 heavy (non-hydrogen) atoms. The number of imidazole rings is 2.